The van der Waals surface area contributed by atoms with E-state index in [1.54, 1.807) is 9.13 Å². The smallest absolute Gasteiger partial charge is 0.328 e. The minimum absolute atomic E-state index is 0.0241. The maximum absolute atomic E-state index is 12.0. The first-order valence-corrected chi connectivity index (χ1v) is 6.69. The molecule has 0 saturated carbocycles. The lowest BCUT2D eigenvalue weighted by Crippen LogP contribution is -2.24. The van der Waals surface area contributed by atoms with Gasteiger partial charge < -0.3 is 5.11 Å². The highest BCUT2D eigenvalue weighted by molar-refractivity contribution is 5.36. The molecule has 4 nitrogen and oxygen atoms in total. The number of hydrogen-bond donors (Lipinski definition) is 1. The molecule has 0 radical (unpaired) electrons. The fourth-order valence-corrected chi connectivity index (χ4v) is 2.02. The Morgan fingerprint density at radius 2 is 1.85 bits per heavy atom. The van der Waals surface area contributed by atoms with Crippen molar-refractivity contribution in [3.63, 3.8) is 0 Å². The molecule has 0 aliphatic carbocycles. The van der Waals surface area contributed by atoms with Crippen LogP contribution in [0.2, 0.25) is 0 Å². The minimum Gasteiger partial charge on any atom is -0.384 e. The molecule has 1 aromatic heterocycles. The number of nitrogens with zero attached hydrogens (tertiary/aromatic N) is 2. The van der Waals surface area contributed by atoms with Crippen LogP contribution in [0.5, 0.6) is 0 Å². The molecule has 0 saturated heterocycles. The summed E-state index contributed by atoms with van der Waals surface area (Å²) in [6, 6.07) is 7.69. The van der Waals surface area contributed by atoms with E-state index in [4.69, 9.17) is 5.11 Å². The number of aliphatic hydroxyl groups excluding tert-OH is 1. The van der Waals surface area contributed by atoms with E-state index in [-0.39, 0.29) is 12.3 Å². The number of aromatic nitrogens is 2. The van der Waals surface area contributed by atoms with Gasteiger partial charge in [-0.25, -0.2) is 4.79 Å². The first-order valence-electron chi connectivity index (χ1n) is 6.69. The molecule has 0 bridgehead atoms. The molecule has 2 rings (SSSR count). The van der Waals surface area contributed by atoms with E-state index in [1.807, 2.05) is 36.7 Å². The van der Waals surface area contributed by atoms with Crippen LogP contribution in [0.15, 0.2) is 41.5 Å². The van der Waals surface area contributed by atoms with Gasteiger partial charge in [0.25, 0.3) is 0 Å². The van der Waals surface area contributed by atoms with Gasteiger partial charge >= 0.3 is 5.69 Å². The second-order valence-electron chi connectivity index (χ2n) is 4.56. The largest absolute Gasteiger partial charge is 0.384 e. The Morgan fingerprint density at radius 3 is 2.50 bits per heavy atom. The van der Waals surface area contributed by atoms with Gasteiger partial charge in [-0.2, -0.15) is 0 Å². The number of benzene rings is 1. The van der Waals surface area contributed by atoms with Gasteiger partial charge in [0.2, 0.25) is 0 Å². The van der Waals surface area contributed by atoms with Gasteiger partial charge in [-0.05, 0) is 24.1 Å². The third kappa shape index (κ3) is 3.40. The topological polar surface area (TPSA) is 47.2 Å². The van der Waals surface area contributed by atoms with Gasteiger partial charge in [0.15, 0.2) is 0 Å². The van der Waals surface area contributed by atoms with Gasteiger partial charge in [-0.1, -0.05) is 30.9 Å². The third-order valence-corrected chi connectivity index (χ3v) is 3.00. The first-order chi connectivity index (χ1) is 9.74. The SMILES string of the molecule is CCCn1ccn(Cc2ccc(C#CCO)cc2)c1=O. The van der Waals surface area contributed by atoms with Crippen molar-refractivity contribution in [2.45, 2.75) is 26.4 Å². The van der Waals surface area contributed by atoms with Crippen LogP contribution in [-0.4, -0.2) is 20.8 Å². The van der Waals surface area contributed by atoms with Gasteiger partial charge in [0.05, 0.1) is 6.54 Å². The summed E-state index contributed by atoms with van der Waals surface area (Å²) in [6.45, 7) is 3.22. The lowest BCUT2D eigenvalue weighted by molar-refractivity contribution is 0.350. The van der Waals surface area contributed by atoms with Crippen molar-refractivity contribution in [3.8, 4) is 11.8 Å². The lowest BCUT2D eigenvalue weighted by atomic mass is 10.1. The van der Waals surface area contributed by atoms with Crippen molar-refractivity contribution >= 4 is 0 Å². The second-order valence-corrected chi connectivity index (χ2v) is 4.56. The molecule has 0 aliphatic rings. The number of imidazole rings is 1. The molecule has 0 fully saturated rings. The zero-order chi connectivity index (χ0) is 14.4. The van der Waals surface area contributed by atoms with E-state index >= 15 is 0 Å². The van der Waals surface area contributed by atoms with E-state index < -0.39 is 0 Å². The van der Waals surface area contributed by atoms with Crippen molar-refractivity contribution < 1.29 is 5.11 Å². The molecule has 4 heteroatoms. The Balaban J connectivity index is 2.12. The summed E-state index contributed by atoms with van der Waals surface area (Å²) in [4.78, 5) is 12.0. The van der Waals surface area contributed by atoms with Crippen LogP contribution in [0.3, 0.4) is 0 Å². The van der Waals surface area contributed by atoms with Gasteiger partial charge in [0, 0.05) is 24.5 Å². The van der Waals surface area contributed by atoms with E-state index in [1.165, 1.54) is 0 Å². The summed E-state index contributed by atoms with van der Waals surface area (Å²) in [6.07, 6.45) is 4.59. The number of rotatable bonds is 4. The minimum atomic E-state index is -0.137. The molecule has 2 aromatic rings. The predicted molar refractivity (Wildman–Crippen MR) is 78.5 cm³/mol. The van der Waals surface area contributed by atoms with Crippen molar-refractivity contribution in [1.82, 2.24) is 9.13 Å². The highest BCUT2D eigenvalue weighted by Crippen LogP contribution is 2.05. The van der Waals surface area contributed by atoms with Gasteiger partial charge in [0.1, 0.15) is 6.61 Å². The Labute approximate surface area is 118 Å². The Bertz CT molecular complexity index is 669. The normalized spacial score (nSPS) is 10.1. The van der Waals surface area contributed by atoms with Gasteiger partial charge in [-0.3, -0.25) is 9.13 Å². The number of aliphatic hydroxyl groups is 1. The monoisotopic (exact) mass is 270 g/mol. The summed E-state index contributed by atoms with van der Waals surface area (Å²) in [5, 5.41) is 8.64. The van der Waals surface area contributed by atoms with E-state index in [9.17, 15) is 4.79 Å². The molecular weight excluding hydrogens is 252 g/mol. The van der Waals surface area contributed by atoms with Crippen LogP contribution in [0, 0.1) is 11.8 Å². The molecule has 0 amide bonds. The molecule has 1 N–H and O–H groups in total. The van der Waals surface area contributed by atoms with E-state index in [0.29, 0.717) is 6.54 Å². The van der Waals surface area contributed by atoms with Crippen molar-refractivity contribution in [2.24, 2.45) is 0 Å². The van der Waals surface area contributed by atoms with E-state index in [2.05, 4.69) is 18.8 Å². The van der Waals surface area contributed by atoms with Crippen molar-refractivity contribution in [1.29, 1.82) is 0 Å². The van der Waals surface area contributed by atoms with Gasteiger partial charge in [-0.15, -0.1) is 0 Å². The van der Waals surface area contributed by atoms with Crippen molar-refractivity contribution in [2.75, 3.05) is 6.61 Å². The summed E-state index contributed by atoms with van der Waals surface area (Å²) in [5.41, 5.74) is 1.94. The number of aryl methyl sites for hydroxylation is 1. The van der Waals surface area contributed by atoms with E-state index in [0.717, 1.165) is 24.1 Å². The molecule has 1 heterocycles. The molecule has 0 spiro atoms. The van der Waals surface area contributed by atoms with Crippen LogP contribution in [0.1, 0.15) is 24.5 Å². The first kappa shape index (κ1) is 14.2. The Morgan fingerprint density at radius 1 is 1.15 bits per heavy atom. The lowest BCUT2D eigenvalue weighted by Gasteiger charge is -2.02. The molecule has 0 atom stereocenters. The summed E-state index contributed by atoms with van der Waals surface area (Å²) < 4.78 is 3.42. The molecule has 20 heavy (non-hydrogen) atoms. The molecular formula is C16H18N2O2. The average molecular weight is 270 g/mol. The second kappa shape index (κ2) is 6.78. The summed E-state index contributed by atoms with van der Waals surface area (Å²) in [7, 11) is 0. The van der Waals surface area contributed by atoms with Crippen LogP contribution < -0.4 is 5.69 Å². The summed E-state index contributed by atoms with van der Waals surface area (Å²) in [5.74, 6) is 5.45. The molecule has 104 valence electrons. The molecule has 1 aromatic carbocycles. The predicted octanol–water partition coefficient (Wildman–Crippen LogP) is 1.45. The molecule has 0 unspecified atom stereocenters. The Kier molecular flexibility index (Phi) is 4.80. The highest BCUT2D eigenvalue weighted by Gasteiger charge is 2.03. The maximum Gasteiger partial charge on any atom is 0.328 e. The Hall–Kier alpha value is -2.25. The average Bonchev–Trinajstić information content (AvgIpc) is 2.80. The van der Waals surface area contributed by atoms with Crippen molar-refractivity contribution in [3.05, 3.63) is 58.3 Å². The fraction of sp³-hybridized carbons (Fsp3) is 0.312. The molecule has 0 aliphatic heterocycles. The zero-order valence-corrected chi connectivity index (χ0v) is 11.5. The third-order valence-electron chi connectivity index (χ3n) is 3.00. The van der Waals surface area contributed by atoms with Crippen LogP contribution >= 0.6 is 0 Å². The maximum atomic E-state index is 12.0. The highest BCUT2D eigenvalue weighted by atomic mass is 16.2. The standard InChI is InChI=1S/C16H18N2O2/c1-2-9-17-10-11-18(16(17)20)13-15-7-5-14(6-8-15)4-3-12-19/h5-8,10-11,19H,2,9,12-13H2,1H3. The van der Waals surface area contributed by atoms with Crippen LogP contribution in [-0.2, 0) is 13.1 Å². The number of hydrogen-bond acceptors (Lipinski definition) is 2. The fourth-order valence-electron chi connectivity index (χ4n) is 2.02. The van der Waals surface area contributed by atoms with Crippen LogP contribution in [0.4, 0.5) is 0 Å². The quantitative estimate of drug-likeness (QED) is 0.855. The zero-order valence-electron chi connectivity index (χ0n) is 11.5. The van der Waals surface area contributed by atoms with Crippen LogP contribution in [0.25, 0.3) is 0 Å². The summed E-state index contributed by atoms with van der Waals surface area (Å²) >= 11 is 0.